The Morgan fingerprint density at radius 1 is 0.821 bits per heavy atom. The zero-order valence-corrected chi connectivity index (χ0v) is 24.1. The van der Waals surface area contributed by atoms with Crippen molar-refractivity contribution in [3.05, 3.63) is 129 Å². The maximum atomic E-state index is 13.2. The van der Waals surface area contributed by atoms with E-state index in [1.807, 2.05) is 42.9 Å². The van der Waals surface area contributed by atoms with Crippen LogP contribution in [0.1, 0.15) is 48.8 Å². The van der Waals surface area contributed by atoms with E-state index in [1.165, 1.54) is 35.9 Å². The van der Waals surface area contributed by atoms with Gasteiger partial charge in [-0.1, -0.05) is 0 Å². The van der Waals surface area contributed by atoms with Gasteiger partial charge in [-0.2, -0.15) is 0 Å². The van der Waals surface area contributed by atoms with Crippen LogP contribution in [-0.4, -0.2) is 51.0 Å². The van der Waals surface area contributed by atoms with Crippen molar-refractivity contribution in [2.75, 3.05) is 4.90 Å². The molecule has 8 rings (SSSR count). The fourth-order valence-electron chi connectivity index (χ4n) is 5.97. The SMILES string of the molecule is CC1(c2ccncc2)c2cc(C=C3C(=O)c4ccccc4C3=O)[se]c2N2c3ncccc3[Se]c3cccc1c32. The van der Waals surface area contributed by atoms with Gasteiger partial charge in [-0.3, -0.25) is 0 Å². The van der Waals surface area contributed by atoms with E-state index in [4.69, 9.17) is 4.98 Å². The molecule has 7 heteroatoms. The Bertz CT molecular complexity index is 1870. The molecule has 2 aromatic carbocycles. The molecule has 5 aromatic rings. The number of pyridine rings is 2. The molecule has 0 saturated carbocycles. The number of rotatable bonds is 2. The first kappa shape index (κ1) is 23.1. The Labute approximate surface area is 237 Å². The van der Waals surface area contributed by atoms with Crippen molar-refractivity contribution in [3.63, 3.8) is 0 Å². The summed E-state index contributed by atoms with van der Waals surface area (Å²) in [6.07, 6.45) is 7.41. The van der Waals surface area contributed by atoms with E-state index < -0.39 is 5.41 Å². The van der Waals surface area contributed by atoms with Crippen molar-refractivity contribution in [3.8, 4) is 0 Å². The second-order valence-corrected chi connectivity index (χ2v) is 14.4. The van der Waals surface area contributed by atoms with Gasteiger partial charge in [0.1, 0.15) is 0 Å². The minimum atomic E-state index is -0.419. The third-order valence-electron chi connectivity index (χ3n) is 7.87. The monoisotopic (exact) mass is 637 g/mol. The summed E-state index contributed by atoms with van der Waals surface area (Å²) in [5, 5.41) is 0. The van der Waals surface area contributed by atoms with Gasteiger partial charge in [-0.15, -0.1) is 0 Å². The summed E-state index contributed by atoms with van der Waals surface area (Å²) in [4.78, 5) is 38.0. The van der Waals surface area contributed by atoms with Gasteiger partial charge in [0.15, 0.2) is 0 Å². The van der Waals surface area contributed by atoms with E-state index in [0.29, 0.717) is 11.1 Å². The number of Topliss-reactive ketones (excluding diaryl/α,β-unsaturated/α-hetero) is 2. The molecule has 5 heterocycles. The summed E-state index contributed by atoms with van der Waals surface area (Å²) in [6.45, 7) is 2.29. The van der Waals surface area contributed by atoms with Gasteiger partial charge in [0, 0.05) is 0 Å². The maximum absolute atomic E-state index is 13.2. The molecule has 0 saturated heterocycles. The van der Waals surface area contributed by atoms with E-state index in [0.717, 1.165) is 10.3 Å². The standard InChI is InChI=1S/C32H19N3O2Se2/c1-32(18-11-14-33-15-12-18)23-8-4-9-25-27(23)35(30-26(39-25)10-5-13-34-30)31-24(32)17-19(38-31)16-22-28(36)20-6-2-3-7-21(20)29(22)37/h2-17H,1H3. The van der Waals surface area contributed by atoms with Crippen molar-refractivity contribution in [2.45, 2.75) is 12.3 Å². The van der Waals surface area contributed by atoms with E-state index >= 15 is 0 Å². The fourth-order valence-corrected chi connectivity index (χ4v) is 10.8. The van der Waals surface area contributed by atoms with Gasteiger partial charge >= 0.3 is 238 Å². The van der Waals surface area contributed by atoms with Crippen molar-refractivity contribution in [2.24, 2.45) is 0 Å². The first-order chi connectivity index (χ1) is 19.1. The summed E-state index contributed by atoms with van der Waals surface area (Å²) in [5.74, 6) is 0.617. The van der Waals surface area contributed by atoms with E-state index in [9.17, 15) is 9.59 Å². The normalized spacial score (nSPS) is 18.4. The van der Waals surface area contributed by atoms with Crippen molar-refractivity contribution >= 4 is 72.1 Å². The molecule has 1 aliphatic carbocycles. The molecule has 1 unspecified atom stereocenters. The molecule has 0 N–H and O–H groups in total. The third kappa shape index (κ3) is 3.13. The second-order valence-electron chi connectivity index (χ2n) is 9.91. The predicted molar refractivity (Wildman–Crippen MR) is 154 cm³/mol. The molecular weight excluding hydrogens is 616 g/mol. The Morgan fingerprint density at radius 2 is 1.56 bits per heavy atom. The third-order valence-corrected chi connectivity index (χ3v) is 12.4. The number of allylic oxidation sites excluding steroid dienone is 1. The fraction of sp³-hybridized carbons (Fsp3) is 0.0625. The van der Waals surface area contributed by atoms with Gasteiger partial charge in [0.2, 0.25) is 0 Å². The summed E-state index contributed by atoms with van der Waals surface area (Å²) >= 11 is -0.00313. The molecule has 0 amide bonds. The van der Waals surface area contributed by atoms with Crippen molar-refractivity contribution < 1.29 is 9.59 Å². The van der Waals surface area contributed by atoms with Crippen molar-refractivity contribution in [1.82, 2.24) is 9.97 Å². The van der Waals surface area contributed by atoms with Gasteiger partial charge in [-0.05, 0) is 0 Å². The summed E-state index contributed by atoms with van der Waals surface area (Å²) < 4.78 is 4.82. The quantitative estimate of drug-likeness (QED) is 0.163. The van der Waals surface area contributed by atoms with Crippen LogP contribution in [0.15, 0.2) is 97.0 Å². The summed E-state index contributed by atoms with van der Waals surface area (Å²) in [7, 11) is 0. The van der Waals surface area contributed by atoms with E-state index in [1.54, 1.807) is 12.1 Å². The molecular formula is C32H19N3O2Se2. The predicted octanol–water partition coefficient (Wildman–Crippen LogP) is 4.10. The number of fused-ring (bicyclic) bond motifs is 5. The Balaban J connectivity index is 1.39. The zero-order valence-electron chi connectivity index (χ0n) is 20.7. The van der Waals surface area contributed by atoms with Crippen LogP contribution in [0, 0.1) is 0 Å². The average molecular weight is 635 g/mol. The molecule has 39 heavy (non-hydrogen) atoms. The molecule has 1 atom stereocenters. The van der Waals surface area contributed by atoms with Gasteiger partial charge in [0.25, 0.3) is 0 Å². The Morgan fingerprint density at radius 3 is 2.33 bits per heavy atom. The van der Waals surface area contributed by atoms with Crippen LogP contribution in [-0.2, 0) is 5.41 Å². The molecule has 3 aromatic heterocycles. The average Bonchev–Trinajstić information content (AvgIpc) is 3.51. The number of anilines is 3. The summed E-state index contributed by atoms with van der Waals surface area (Å²) in [5.41, 5.74) is 5.65. The molecule has 2 aliphatic heterocycles. The van der Waals surface area contributed by atoms with Gasteiger partial charge in [0.05, 0.1) is 0 Å². The van der Waals surface area contributed by atoms with Gasteiger partial charge < -0.3 is 0 Å². The number of aromatic nitrogens is 2. The Kier molecular flexibility index (Phi) is 4.92. The van der Waals surface area contributed by atoms with Crippen LogP contribution >= 0.6 is 0 Å². The number of carbonyl (C=O) groups excluding carboxylic acids is 2. The van der Waals surface area contributed by atoms with Crippen LogP contribution in [0.25, 0.3) is 6.08 Å². The number of hydrogen-bond acceptors (Lipinski definition) is 5. The van der Waals surface area contributed by atoms with Crippen molar-refractivity contribution in [1.29, 1.82) is 0 Å². The molecule has 0 radical (unpaired) electrons. The second kappa shape index (κ2) is 8.32. The summed E-state index contributed by atoms with van der Waals surface area (Å²) in [6, 6.07) is 24.3. The van der Waals surface area contributed by atoms with Crippen LogP contribution in [0.4, 0.5) is 16.1 Å². The molecule has 0 bridgehead atoms. The first-order valence-corrected chi connectivity index (χ1v) is 16.0. The number of carbonyl (C=O) groups is 2. The van der Waals surface area contributed by atoms with Crippen LogP contribution in [0.5, 0.6) is 0 Å². The number of hydrogen-bond donors (Lipinski definition) is 0. The van der Waals surface area contributed by atoms with E-state index in [-0.39, 0.29) is 46.6 Å². The zero-order chi connectivity index (χ0) is 26.3. The molecule has 186 valence electrons. The van der Waals surface area contributed by atoms with Gasteiger partial charge in [-0.25, -0.2) is 0 Å². The number of para-hydroxylation sites is 1. The molecule has 5 nitrogen and oxygen atoms in total. The molecule has 0 spiro atoms. The van der Waals surface area contributed by atoms with Crippen LogP contribution < -0.4 is 13.8 Å². The molecule has 3 aliphatic rings. The van der Waals surface area contributed by atoms with Crippen LogP contribution in [0.2, 0.25) is 0 Å². The van der Waals surface area contributed by atoms with Crippen LogP contribution in [0.3, 0.4) is 0 Å². The number of benzene rings is 2. The topological polar surface area (TPSA) is 63.2 Å². The number of ketones is 2. The first-order valence-electron chi connectivity index (χ1n) is 12.6. The Hall–Kier alpha value is -3.86. The number of nitrogens with zero attached hydrogens (tertiary/aromatic N) is 3. The van der Waals surface area contributed by atoms with E-state index in [2.05, 4.69) is 59.3 Å². The minimum absolute atomic E-state index is 0.140. The molecule has 0 fully saturated rings.